The van der Waals surface area contributed by atoms with Crippen molar-refractivity contribution in [3.63, 3.8) is 0 Å². The van der Waals surface area contributed by atoms with Gasteiger partial charge in [0.1, 0.15) is 17.6 Å². The molecular formula is C30H28N4O4S. The first-order valence-corrected chi connectivity index (χ1v) is 13.0. The lowest BCUT2D eigenvalue weighted by atomic mass is 10.0. The molecule has 0 saturated carbocycles. The van der Waals surface area contributed by atoms with Crippen molar-refractivity contribution in [2.75, 3.05) is 17.3 Å². The highest BCUT2D eigenvalue weighted by Gasteiger charge is 2.42. The molecule has 1 aliphatic rings. The summed E-state index contributed by atoms with van der Waals surface area (Å²) in [6.07, 6.45) is 2.14. The molecule has 2 aromatic carbocycles. The van der Waals surface area contributed by atoms with Gasteiger partial charge in [0.05, 0.1) is 24.4 Å². The number of hydrogen-bond donors (Lipinski definition) is 2. The molecule has 0 aliphatic carbocycles. The average Bonchev–Trinajstić information content (AvgIpc) is 3.58. The number of amides is 1. The first-order valence-electron chi connectivity index (χ1n) is 12.6. The predicted octanol–water partition coefficient (Wildman–Crippen LogP) is 5.96. The lowest BCUT2D eigenvalue weighted by molar-refractivity contribution is -0.115. The molecule has 1 amide bonds. The van der Waals surface area contributed by atoms with Gasteiger partial charge in [0, 0.05) is 29.6 Å². The van der Waals surface area contributed by atoms with Crippen LogP contribution in [0.2, 0.25) is 0 Å². The van der Waals surface area contributed by atoms with E-state index in [2.05, 4.69) is 15.6 Å². The molecular weight excluding hydrogens is 512 g/mol. The van der Waals surface area contributed by atoms with Crippen molar-refractivity contribution in [2.45, 2.75) is 32.4 Å². The maximum absolute atomic E-state index is 12.4. The SMILES string of the molecule is CCC(=O)Nc1ccc(N2C(=S)N[C@H](c3ccccn3)[C@@H]2c2ccc(-c3ccccc3C(=O)OC)o2)cc1C. The maximum atomic E-state index is 12.4. The van der Waals surface area contributed by atoms with Gasteiger partial charge in [-0.2, -0.15) is 0 Å². The first kappa shape index (κ1) is 26.1. The number of ether oxygens (including phenoxy) is 1. The summed E-state index contributed by atoms with van der Waals surface area (Å²) in [5.41, 5.74) is 4.36. The smallest absolute Gasteiger partial charge is 0.338 e. The van der Waals surface area contributed by atoms with Gasteiger partial charge in [0.25, 0.3) is 0 Å². The Morgan fingerprint density at radius 1 is 1.10 bits per heavy atom. The van der Waals surface area contributed by atoms with E-state index in [1.807, 2.05) is 79.4 Å². The lowest BCUT2D eigenvalue weighted by Crippen LogP contribution is -2.29. The van der Waals surface area contributed by atoms with Gasteiger partial charge in [-0.3, -0.25) is 9.78 Å². The number of rotatable bonds is 7. The highest BCUT2D eigenvalue weighted by Crippen LogP contribution is 2.43. The predicted molar refractivity (Wildman–Crippen MR) is 154 cm³/mol. The molecule has 9 heteroatoms. The standard InChI is InChI=1S/C30H28N4O4S/c1-4-26(35)32-22-13-12-19(17-18(22)2)34-28(27(33-30(34)39)23-11-7-8-16-31-23)25-15-14-24(38-25)20-9-5-6-10-21(20)29(36)37-3/h5-17,27-28H,4H2,1-3H3,(H,32,35)(H,33,39)/t27-,28+/m1/s1. The van der Waals surface area contributed by atoms with Crippen LogP contribution in [-0.4, -0.2) is 29.1 Å². The van der Waals surface area contributed by atoms with Crippen molar-refractivity contribution >= 4 is 40.6 Å². The van der Waals surface area contributed by atoms with E-state index >= 15 is 0 Å². The maximum Gasteiger partial charge on any atom is 0.338 e. The molecule has 3 heterocycles. The Morgan fingerprint density at radius 2 is 1.90 bits per heavy atom. The minimum absolute atomic E-state index is 0.0485. The van der Waals surface area contributed by atoms with E-state index in [9.17, 15) is 9.59 Å². The van der Waals surface area contributed by atoms with Crippen molar-refractivity contribution < 1.29 is 18.7 Å². The number of methoxy groups -OCH3 is 1. The summed E-state index contributed by atoms with van der Waals surface area (Å²) in [5.74, 6) is 0.699. The Kier molecular flexibility index (Phi) is 7.42. The van der Waals surface area contributed by atoms with Crippen LogP contribution in [0, 0.1) is 6.92 Å². The van der Waals surface area contributed by atoms with Crippen molar-refractivity contribution in [1.29, 1.82) is 0 Å². The normalized spacial score (nSPS) is 16.6. The number of carbonyl (C=O) groups excluding carboxylic acids is 2. The Labute approximate surface area is 232 Å². The molecule has 0 unspecified atom stereocenters. The second kappa shape index (κ2) is 11.1. The molecule has 1 saturated heterocycles. The molecule has 1 fully saturated rings. The summed E-state index contributed by atoms with van der Waals surface area (Å²) >= 11 is 5.83. The van der Waals surface area contributed by atoms with E-state index < -0.39 is 5.97 Å². The molecule has 0 radical (unpaired) electrons. The summed E-state index contributed by atoms with van der Waals surface area (Å²) in [4.78, 5) is 31.0. The fourth-order valence-corrected chi connectivity index (χ4v) is 5.09. The number of nitrogens with zero attached hydrogens (tertiary/aromatic N) is 2. The van der Waals surface area contributed by atoms with Crippen molar-refractivity contribution in [2.24, 2.45) is 0 Å². The van der Waals surface area contributed by atoms with Gasteiger partial charge in [0.15, 0.2) is 5.11 Å². The van der Waals surface area contributed by atoms with Crippen LogP contribution in [0.3, 0.4) is 0 Å². The van der Waals surface area contributed by atoms with Gasteiger partial charge >= 0.3 is 5.97 Å². The monoisotopic (exact) mass is 540 g/mol. The highest BCUT2D eigenvalue weighted by atomic mass is 32.1. The van der Waals surface area contributed by atoms with Gasteiger partial charge in [-0.1, -0.05) is 31.2 Å². The number of thiocarbonyl (C=S) groups is 1. The van der Waals surface area contributed by atoms with Crippen molar-refractivity contribution in [3.8, 4) is 11.3 Å². The van der Waals surface area contributed by atoms with Gasteiger partial charge in [-0.25, -0.2) is 4.79 Å². The number of aryl methyl sites for hydroxylation is 1. The third kappa shape index (κ3) is 5.13. The Bertz CT molecular complexity index is 1530. The number of hydrogen-bond acceptors (Lipinski definition) is 6. The Morgan fingerprint density at radius 3 is 2.62 bits per heavy atom. The van der Waals surface area contributed by atoms with Crippen LogP contribution in [-0.2, 0) is 9.53 Å². The molecule has 2 aromatic heterocycles. The van der Waals surface area contributed by atoms with E-state index in [0.29, 0.717) is 34.2 Å². The molecule has 5 rings (SSSR count). The van der Waals surface area contributed by atoms with Crippen LogP contribution >= 0.6 is 12.2 Å². The van der Waals surface area contributed by atoms with Crippen LogP contribution in [0.1, 0.15) is 52.8 Å². The topological polar surface area (TPSA) is 96.7 Å². The van der Waals surface area contributed by atoms with Crippen LogP contribution in [0.15, 0.2) is 83.4 Å². The van der Waals surface area contributed by atoms with E-state index in [4.69, 9.17) is 21.4 Å². The molecule has 0 bridgehead atoms. The summed E-state index contributed by atoms with van der Waals surface area (Å²) in [6, 6.07) is 21.8. The fraction of sp³-hybridized carbons (Fsp3) is 0.200. The largest absolute Gasteiger partial charge is 0.465 e. The first-order chi connectivity index (χ1) is 18.9. The van der Waals surface area contributed by atoms with E-state index in [-0.39, 0.29) is 18.0 Å². The second-order valence-corrected chi connectivity index (χ2v) is 9.52. The molecule has 2 atom stereocenters. The quantitative estimate of drug-likeness (QED) is 0.219. The summed E-state index contributed by atoms with van der Waals surface area (Å²) < 4.78 is 11.4. The Hall–Kier alpha value is -4.50. The second-order valence-electron chi connectivity index (χ2n) is 9.14. The molecule has 2 N–H and O–H groups in total. The number of benzene rings is 2. The minimum atomic E-state index is -0.439. The summed E-state index contributed by atoms with van der Waals surface area (Å²) in [7, 11) is 1.36. The zero-order valence-corrected chi connectivity index (χ0v) is 22.6. The van der Waals surface area contributed by atoms with E-state index in [1.165, 1.54) is 7.11 Å². The zero-order chi connectivity index (χ0) is 27.5. The number of esters is 1. The number of carbonyl (C=O) groups is 2. The van der Waals surface area contributed by atoms with E-state index in [0.717, 1.165) is 22.6 Å². The third-order valence-corrected chi connectivity index (χ3v) is 7.01. The number of aromatic nitrogens is 1. The lowest BCUT2D eigenvalue weighted by Gasteiger charge is -2.27. The number of nitrogens with one attached hydrogen (secondary N) is 2. The molecule has 4 aromatic rings. The zero-order valence-electron chi connectivity index (χ0n) is 21.8. The van der Waals surface area contributed by atoms with E-state index in [1.54, 1.807) is 18.3 Å². The Balaban J connectivity index is 1.58. The number of pyridine rings is 1. The molecule has 1 aliphatic heterocycles. The average molecular weight is 541 g/mol. The highest BCUT2D eigenvalue weighted by molar-refractivity contribution is 7.80. The van der Waals surface area contributed by atoms with Crippen molar-refractivity contribution in [3.05, 3.63) is 102 Å². The van der Waals surface area contributed by atoms with Crippen LogP contribution < -0.4 is 15.5 Å². The molecule has 8 nitrogen and oxygen atoms in total. The van der Waals surface area contributed by atoms with Crippen LogP contribution in [0.5, 0.6) is 0 Å². The fourth-order valence-electron chi connectivity index (χ4n) is 4.74. The molecule has 198 valence electrons. The summed E-state index contributed by atoms with van der Waals surface area (Å²) in [5, 5.41) is 6.88. The summed E-state index contributed by atoms with van der Waals surface area (Å²) in [6.45, 7) is 3.76. The van der Waals surface area contributed by atoms with Crippen LogP contribution in [0.4, 0.5) is 11.4 Å². The molecule has 0 spiro atoms. The number of anilines is 2. The minimum Gasteiger partial charge on any atom is -0.465 e. The van der Waals surface area contributed by atoms with Crippen LogP contribution in [0.25, 0.3) is 11.3 Å². The molecule has 39 heavy (non-hydrogen) atoms. The van der Waals surface area contributed by atoms with Gasteiger partial charge in [-0.05, 0) is 73.2 Å². The van der Waals surface area contributed by atoms with Gasteiger partial charge < -0.3 is 24.7 Å². The number of furan rings is 1. The third-order valence-electron chi connectivity index (χ3n) is 6.70. The van der Waals surface area contributed by atoms with Gasteiger partial charge in [0.2, 0.25) is 5.91 Å². The van der Waals surface area contributed by atoms with Gasteiger partial charge in [-0.15, -0.1) is 0 Å². The van der Waals surface area contributed by atoms with Crippen molar-refractivity contribution in [1.82, 2.24) is 10.3 Å².